The van der Waals surface area contributed by atoms with E-state index in [9.17, 15) is 0 Å². The van der Waals surface area contributed by atoms with Crippen LogP contribution >= 0.6 is 0 Å². The Morgan fingerprint density at radius 2 is 1.57 bits per heavy atom. The standard InChI is InChI=1S/C20H17N3/c1-3-8-15(9-4-1)18-14-19(16-10-5-2-6-11-16)23-20-17(22-18)12-7-13-21-20/h1-13,19H,14H2,(H,21,23)/t19-/m1/s1. The number of benzene rings is 2. The average molecular weight is 299 g/mol. The summed E-state index contributed by atoms with van der Waals surface area (Å²) in [6, 6.07) is 24.9. The lowest BCUT2D eigenvalue weighted by molar-refractivity contribution is 0.822. The number of pyridine rings is 1. The second-order valence-corrected chi connectivity index (χ2v) is 5.61. The summed E-state index contributed by atoms with van der Waals surface area (Å²) >= 11 is 0. The zero-order chi connectivity index (χ0) is 15.5. The van der Waals surface area contributed by atoms with Crippen LogP contribution in [0.4, 0.5) is 11.5 Å². The molecule has 3 nitrogen and oxygen atoms in total. The molecule has 112 valence electrons. The van der Waals surface area contributed by atoms with Crippen LogP contribution in [0.25, 0.3) is 0 Å². The minimum Gasteiger partial charge on any atom is -0.361 e. The van der Waals surface area contributed by atoms with Gasteiger partial charge in [0.1, 0.15) is 5.69 Å². The maximum absolute atomic E-state index is 4.88. The van der Waals surface area contributed by atoms with Gasteiger partial charge in [-0.05, 0) is 23.3 Å². The SMILES string of the molecule is c1ccc(C2=Nc3cccnc3N[C@@H](c3ccccc3)C2)cc1. The largest absolute Gasteiger partial charge is 0.361 e. The maximum Gasteiger partial charge on any atom is 0.152 e. The van der Waals surface area contributed by atoms with Crippen LogP contribution in [0, 0.1) is 0 Å². The molecule has 1 aliphatic rings. The number of aliphatic imine (C=N–C) groups is 1. The third-order valence-corrected chi connectivity index (χ3v) is 4.06. The first kappa shape index (κ1) is 13.7. The van der Waals surface area contributed by atoms with Crippen molar-refractivity contribution < 1.29 is 0 Å². The van der Waals surface area contributed by atoms with Gasteiger partial charge in [-0.3, -0.25) is 0 Å². The summed E-state index contributed by atoms with van der Waals surface area (Å²) in [6.07, 6.45) is 2.63. The molecule has 23 heavy (non-hydrogen) atoms. The second kappa shape index (κ2) is 6.05. The average Bonchev–Trinajstić information content (AvgIpc) is 2.83. The molecule has 1 aliphatic heterocycles. The molecule has 3 aromatic rings. The summed E-state index contributed by atoms with van der Waals surface area (Å²) < 4.78 is 0. The van der Waals surface area contributed by atoms with E-state index in [-0.39, 0.29) is 6.04 Å². The molecule has 3 heteroatoms. The van der Waals surface area contributed by atoms with E-state index < -0.39 is 0 Å². The monoisotopic (exact) mass is 299 g/mol. The maximum atomic E-state index is 4.88. The summed E-state index contributed by atoms with van der Waals surface area (Å²) in [6.45, 7) is 0. The number of aromatic nitrogens is 1. The van der Waals surface area contributed by atoms with Gasteiger partial charge < -0.3 is 5.32 Å². The molecule has 0 unspecified atom stereocenters. The highest BCUT2D eigenvalue weighted by molar-refractivity contribution is 6.03. The molecule has 2 heterocycles. The van der Waals surface area contributed by atoms with Crippen molar-refractivity contribution in [1.82, 2.24) is 4.98 Å². The minimum atomic E-state index is 0.159. The first-order chi connectivity index (χ1) is 11.4. The lowest BCUT2D eigenvalue weighted by atomic mass is 9.97. The van der Waals surface area contributed by atoms with Crippen molar-refractivity contribution in [1.29, 1.82) is 0 Å². The summed E-state index contributed by atoms with van der Waals surface area (Å²) in [5.41, 5.74) is 4.38. The van der Waals surface area contributed by atoms with Gasteiger partial charge in [-0.2, -0.15) is 0 Å². The lowest BCUT2D eigenvalue weighted by Crippen LogP contribution is -2.14. The van der Waals surface area contributed by atoms with Gasteiger partial charge in [-0.1, -0.05) is 60.7 Å². The lowest BCUT2D eigenvalue weighted by Gasteiger charge is -2.18. The topological polar surface area (TPSA) is 37.3 Å². The van der Waals surface area contributed by atoms with E-state index in [1.807, 2.05) is 24.3 Å². The van der Waals surface area contributed by atoms with Crippen LogP contribution in [0.3, 0.4) is 0 Å². The van der Waals surface area contributed by atoms with Crippen molar-refractivity contribution >= 4 is 17.2 Å². The Hall–Kier alpha value is -2.94. The fraction of sp³-hybridized carbons (Fsp3) is 0.100. The van der Waals surface area contributed by atoms with Crippen molar-refractivity contribution in [3.05, 3.63) is 90.1 Å². The predicted molar refractivity (Wildman–Crippen MR) is 94.3 cm³/mol. The zero-order valence-electron chi connectivity index (χ0n) is 12.7. The van der Waals surface area contributed by atoms with Crippen molar-refractivity contribution in [2.24, 2.45) is 4.99 Å². The van der Waals surface area contributed by atoms with E-state index in [2.05, 4.69) is 58.8 Å². The number of fused-ring (bicyclic) bond motifs is 1. The summed E-state index contributed by atoms with van der Waals surface area (Å²) in [7, 11) is 0. The van der Waals surface area contributed by atoms with E-state index >= 15 is 0 Å². The van der Waals surface area contributed by atoms with Gasteiger partial charge in [0.05, 0.1) is 11.8 Å². The van der Waals surface area contributed by atoms with Gasteiger partial charge in [-0.25, -0.2) is 9.98 Å². The zero-order valence-corrected chi connectivity index (χ0v) is 12.7. The van der Waals surface area contributed by atoms with Gasteiger partial charge in [0.2, 0.25) is 0 Å². The van der Waals surface area contributed by atoms with Crippen LogP contribution < -0.4 is 5.32 Å². The number of nitrogens with zero attached hydrogens (tertiary/aromatic N) is 2. The molecule has 0 fully saturated rings. The number of hydrogen-bond acceptors (Lipinski definition) is 3. The Balaban J connectivity index is 1.81. The third-order valence-electron chi connectivity index (χ3n) is 4.06. The highest BCUT2D eigenvalue weighted by atomic mass is 15.1. The molecule has 4 rings (SSSR count). The van der Waals surface area contributed by atoms with E-state index in [4.69, 9.17) is 4.99 Å². The summed E-state index contributed by atoms with van der Waals surface area (Å²) in [4.78, 5) is 9.34. The first-order valence-electron chi connectivity index (χ1n) is 7.79. The Kier molecular flexibility index (Phi) is 3.60. The summed E-state index contributed by atoms with van der Waals surface area (Å²) in [5, 5.41) is 3.55. The fourth-order valence-electron chi connectivity index (χ4n) is 2.90. The predicted octanol–water partition coefficient (Wildman–Crippen LogP) is 4.76. The Morgan fingerprint density at radius 1 is 0.826 bits per heavy atom. The van der Waals surface area contributed by atoms with Gasteiger partial charge in [0, 0.05) is 12.6 Å². The van der Waals surface area contributed by atoms with E-state index in [0.29, 0.717) is 0 Å². The molecule has 1 atom stereocenters. The van der Waals surface area contributed by atoms with Gasteiger partial charge in [0.25, 0.3) is 0 Å². The van der Waals surface area contributed by atoms with Crippen LogP contribution in [0.15, 0.2) is 84.0 Å². The van der Waals surface area contributed by atoms with Crippen LogP contribution in [-0.2, 0) is 0 Å². The van der Waals surface area contributed by atoms with Crippen molar-refractivity contribution in [3.8, 4) is 0 Å². The van der Waals surface area contributed by atoms with Gasteiger partial charge in [0.15, 0.2) is 5.82 Å². The fourth-order valence-corrected chi connectivity index (χ4v) is 2.90. The molecule has 0 saturated heterocycles. The van der Waals surface area contributed by atoms with Crippen molar-refractivity contribution in [2.75, 3.05) is 5.32 Å². The molecule has 0 aliphatic carbocycles. The molecule has 2 aromatic carbocycles. The van der Waals surface area contributed by atoms with Crippen LogP contribution in [0.2, 0.25) is 0 Å². The highest BCUT2D eigenvalue weighted by Gasteiger charge is 2.21. The number of rotatable bonds is 2. The van der Waals surface area contributed by atoms with E-state index in [1.165, 1.54) is 5.56 Å². The highest BCUT2D eigenvalue weighted by Crippen LogP contribution is 2.33. The van der Waals surface area contributed by atoms with Crippen molar-refractivity contribution in [3.63, 3.8) is 0 Å². The smallest absolute Gasteiger partial charge is 0.152 e. The third kappa shape index (κ3) is 2.86. The van der Waals surface area contributed by atoms with Crippen molar-refractivity contribution in [2.45, 2.75) is 12.5 Å². The van der Waals surface area contributed by atoms with Gasteiger partial charge >= 0.3 is 0 Å². The molecule has 0 bridgehead atoms. The minimum absolute atomic E-state index is 0.159. The molecular weight excluding hydrogens is 282 g/mol. The molecule has 0 saturated carbocycles. The molecule has 0 radical (unpaired) electrons. The second-order valence-electron chi connectivity index (χ2n) is 5.61. The van der Waals surface area contributed by atoms with Gasteiger partial charge in [-0.15, -0.1) is 0 Å². The van der Waals surface area contributed by atoms with Crippen LogP contribution in [0.5, 0.6) is 0 Å². The number of nitrogens with one attached hydrogen (secondary N) is 1. The van der Waals surface area contributed by atoms with E-state index in [1.54, 1.807) is 6.20 Å². The normalized spacial score (nSPS) is 16.7. The Labute approximate surface area is 135 Å². The Morgan fingerprint density at radius 3 is 2.35 bits per heavy atom. The number of anilines is 1. The molecule has 1 N–H and O–H groups in total. The van der Waals surface area contributed by atoms with Crippen LogP contribution in [0.1, 0.15) is 23.6 Å². The Bertz CT molecular complexity index is 826. The van der Waals surface area contributed by atoms with E-state index in [0.717, 1.165) is 29.2 Å². The van der Waals surface area contributed by atoms with Crippen LogP contribution in [-0.4, -0.2) is 10.7 Å². The number of hydrogen-bond donors (Lipinski definition) is 1. The molecular formula is C20H17N3. The quantitative estimate of drug-likeness (QED) is 0.740. The summed E-state index contributed by atoms with van der Waals surface area (Å²) in [5.74, 6) is 0.840. The molecule has 0 spiro atoms. The molecule has 0 amide bonds. The molecule has 1 aromatic heterocycles. The first-order valence-corrected chi connectivity index (χ1v) is 7.79.